The van der Waals surface area contributed by atoms with Gasteiger partial charge in [0.15, 0.2) is 0 Å². The number of hydrogen-bond acceptors (Lipinski definition) is 2. The maximum atomic E-state index is 12.7. The van der Waals surface area contributed by atoms with E-state index in [0.29, 0.717) is 0 Å². The van der Waals surface area contributed by atoms with E-state index in [2.05, 4.69) is 0 Å². The Morgan fingerprint density at radius 2 is 1.73 bits per heavy atom. The number of rotatable bonds is 0. The van der Waals surface area contributed by atoms with Crippen molar-refractivity contribution in [3.63, 3.8) is 0 Å². The van der Waals surface area contributed by atoms with Gasteiger partial charge in [-0.25, -0.2) is 8.78 Å². The molecule has 0 bridgehead atoms. The quantitative estimate of drug-likeness (QED) is 0.575. The molecule has 4 heteroatoms. The van der Waals surface area contributed by atoms with Crippen molar-refractivity contribution in [2.75, 3.05) is 0 Å². The molecule has 1 fully saturated rings. The molecular weight excluding hydrogens is 152 g/mol. The smallest absolute Gasteiger partial charge is 0.121 e. The molecule has 1 rings (SSSR count). The number of nitrogens with zero attached hydrogens (tertiary/aromatic N) is 1. The monoisotopic (exact) mass is 161 g/mol. The van der Waals surface area contributed by atoms with Crippen LogP contribution in [0.1, 0.15) is 12.8 Å². The fourth-order valence-electron chi connectivity index (χ4n) is 1.30. The van der Waals surface area contributed by atoms with Gasteiger partial charge in [0, 0.05) is 12.8 Å². The van der Waals surface area contributed by atoms with E-state index in [0.717, 1.165) is 0 Å². The van der Waals surface area contributed by atoms with Crippen LogP contribution in [0, 0.1) is 17.2 Å². The third kappa shape index (κ3) is 1.66. The highest BCUT2D eigenvalue weighted by Gasteiger charge is 2.37. The second-order valence-electron chi connectivity index (χ2n) is 2.81. The summed E-state index contributed by atoms with van der Waals surface area (Å²) in [6.45, 7) is 0. The molecule has 1 aliphatic carbocycles. The maximum absolute atomic E-state index is 12.7. The highest BCUT2D eigenvalue weighted by Crippen LogP contribution is 2.29. The first-order valence-electron chi connectivity index (χ1n) is 3.51. The van der Waals surface area contributed by atoms with Crippen LogP contribution < -0.4 is 0 Å². The standard InChI is InChI=1S/C7H9F2NO/c8-6-1-4(11)2-7(9)5(6)3-10/h4-7,11H,1-2H2. The summed E-state index contributed by atoms with van der Waals surface area (Å²) in [5.74, 6) is -1.18. The number of halogens is 2. The number of aliphatic hydroxyl groups excluding tert-OH is 1. The second-order valence-corrected chi connectivity index (χ2v) is 2.81. The summed E-state index contributed by atoms with van der Waals surface area (Å²) in [4.78, 5) is 0. The molecule has 2 nitrogen and oxygen atoms in total. The Bertz CT molecular complexity index is 168. The minimum absolute atomic E-state index is 0.112. The molecule has 0 spiro atoms. The van der Waals surface area contributed by atoms with Gasteiger partial charge in [0.2, 0.25) is 0 Å². The summed E-state index contributed by atoms with van der Waals surface area (Å²) in [7, 11) is 0. The molecule has 0 aliphatic heterocycles. The molecular formula is C7H9F2NO. The number of nitriles is 1. The molecule has 0 radical (unpaired) electrons. The Hall–Kier alpha value is -0.690. The van der Waals surface area contributed by atoms with Crippen molar-refractivity contribution in [3.05, 3.63) is 0 Å². The van der Waals surface area contributed by atoms with E-state index >= 15 is 0 Å². The zero-order valence-electron chi connectivity index (χ0n) is 5.87. The van der Waals surface area contributed by atoms with Crippen molar-refractivity contribution in [2.24, 2.45) is 5.92 Å². The predicted molar refractivity (Wildman–Crippen MR) is 34.1 cm³/mol. The summed E-state index contributed by atoms with van der Waals surface area (Å²) in [6.07, 6.45) is -4.18. The number of aliphatic hydroxyl groups is 1. The van der Waals surface area contributed by atoms with Gasteiger partial charge in [-0.05, 0) is 0 Å². The predicted octanol–water partition coefficient (Wildman–Crippen LogP) is 0.957. The Kier molecular flexibility index (Phi) is 2.40. The highest BCUT2D eigenvalue weighted by atomic mass is 19.1. The lowest BCUT2D eigenvalue weighted by molar-refractivity contribution is 0.0144. The molecule has 0 aromatic heterocycles. The van der Waals surface area contributed by atoms with Crippen LogP contribution >= 0.6 is 0 Å². The van der Waals surface area contributed by atoms with E-state index in [1.54, 1.807) is 6.07 Å². The first kappa shape index (κ1) is 8.41. The van der Waals surface area contributed by atoms with Gasteiger partial charge >= 0.3 is 0 Å². The van der Waals surface area contributed by atoms with Crippen LogP contribution in [0.2, 0.25) is 0 Å². The highest BCUT2D eigenvalue weighted by molar-refractivity contribution is 4.98. The van der Waals surface area contributed by atoms with E-state index in [1.807, 2.05) is 0 Å². The maximum Gasteiger partial charge on any atom is 0.121 e. The lowest BCUT2D eigenvalue weighted by Crippen LogP contribution is -2.36. The Morgan fingerprint density at radius 1 is 1.27 bits per heavy atom. The fraction of sp³-hybridized carbons (Fsp3) is 0.857. The van der Waals surface area contributed by atoms with E-state index < -0.39 is 24.4 Å². The van der Waals surface area contributed by atoms with Gasteiger partial charge in [-0.1, -0.05) is 0 Å². The average molecular weight is 161 g/mol. The summed E-state index contributed by atoms with van der Waals surface area (Å²) in [5, 5.41) is 17.2. The van der Waals surface area contributed by atoms with Gasteiger partial charge < -0.3 is 5.11 Å². The third-order valence-electron chi connectivity index (χ3n) is 1.92. The van der Waals surface area contributed by atoms with Gasteiger partial charge in [0.05, 0.1) is 12.2 Å². The topological polar surface area (TPSA) is 44.0 Å². The van der Waals surface area contributed by atoms with Crippen molar-refractivity contribution < 1.29 is 13.9 Å². The average Bonchev–Trinajstić information content (AvgIpc) is 1.85. The van der Waals surface area contributed by atoms with Crippen molar-refractivity contribution in [3.8, 4) is 6.07 Å². The minimum atomic E-state index is -1.52. The normalized spacial score (nSPS) is 44.9. The zero-order valence-corrected chi connectivity index (χ0v) is 5.87. The molecule has 62 valence electrons. The molecule has 1 N–H and O–H groups in total. The van der Waals surface area contributed by atoms with Crippen LogP contribution in [-0.2, 0) is 0 Å². The molecule has 2 atom stereocenters. The summed E-state index contributed by atoms with van der Waals surface area (Å²) in [5.41, 5.74) is 0. The number of hydrogen-bond donors (Lipinski definition) is 1. The van der Waals surface area contributed by atoms with Crippen LogP contribution in [0.15, 0.2) is 0 Å². The Labute approximate surface area is 63.4 Å². The summed E-state index contributed by atoms with van der Waals surface area (Å²) < 4.78 is 25.5. The molecule has 2 unspecified atom stereocenters. The lowest BCUT2D eigenvalue weighted by atomic mass is 9.85. The van der Waals surface area contributed by atoms with Gasteiger partial charge in [0.1, 0.15) is 18.3 Å². The third-order valence-corrected chi connectivity index (χ3v) is 1.92. The molecule has 0 heterocycles. The van der Waals surface area contributed by atoms with Crippen LogP contribution in [0.25, 0.3) is 0 Å². The number of alkyl halides is 2. The first-order valence-corrected chi connectivity index (χ1v) is 3.51. The Balaban J connectivity index is 2.61. The van der Waals surface area contributed by atoms with Gasteiger partial charge in [-0.15, -0.1) is 0 Å². The molecule has 0 aromatic rings. The lowest BCUT2D eigenvalue weighted by Gasteiger charge is -2.27. The second kappa shape index (κ2) is 3.14. The summed E-state index contributed by atoms with van der Waals surface area (Å²) >= 11 is 0. The Morgan fingerprint density at radius 3 is 2.09 bits per heavy atom. The van der Waals surface area contributed by atoms with Gasteiger partial charge in [0.25, 0.3) is 0 Å². The molecule has 0 saturated heterocycles. The van der Waals surface area contributed by atoms with Crippen molar-refractivity contribution in [1.29, 1.82) is 5.26 Å². The van der Waals surface area contributed by atoms with Crippen LogP contribution in [0.3, 0.4) is 0 Å². The van der Waals surface area contributed by atoms with Crippen LogP contribution in [0.5, 0.6) is 0 Å². The van der Waals surface area contributed by atoms with E-state index in [-0.39, 0.29) is 12.8 Å². The van der Waals surface area contributed by atoms with Crippen LogP contribution in [0.4, 0.5) is 8.78 Å². The largest absolute Gasteiger partial charge is 0.393 e. The molecule has 0 aromatic carbocycles. The molecule has 1 aliphatic rings. The first-order chi connectivity index (χ1) is 5.15. The van der Waals surface area contributed by atoms with E-state index in [9.17, 15) is 8.78 Å². The van der Waals surface area contributed by atoms with Crippen molar-refractivity contribution >= 4 is 0 Å². The SMILES string of the molecule is N#CC1C(F)CC(O)CC1F. The molecule has 11 heavy (non-hydrogen) atoms. The van der Waals surface area contributed by atoms with Crippen LogP contribution in [-0.4, -0.2) is 23.6 Å². The van der Waals surface area contributed by atoms with E-state index in [1.165, 1.54) is 0 Å². The van der Waals surface area contributed by atoms with Crippen molar-refractivity contribution in [1.82, 2.24) is 0 Å². The fourth-order valence-corrected chi connectivity index (χ4v) is 1.30. The molecule has 0 amide bonds. The summed E-state index contributed by atoms with van der Waals surface area (Å²) in [6, 6.07) is 1.56. The van der Waals surface area contributed by atoms with E-state index in [4.69, 9.17) is 10.4 Å². The van der Waals surface area contributed by atoms with Gasteiger partial charge in [-0.3, -0.25) is 0 Å². The van der Waals surface area contributed by atoms with Gasteiger partial charge in [-0.2, -0.15) is 5.26 Å². The van der Waals surface area contributed by atoms with Crippen molar-refractivity contribution in [2.45, 2.75) is 31.3 Å². The zero-order chi connectivity index (χ0) is 8.43. The molecule has 1 saturated carbocycles. The minimum Gasteiger partial charge on any atom is -0.393 e.